The summed E-state index contributed by atoms with van der Waals surface area (Å²) >= 11 is 7.01. The third-order valence-electron chi connectivity index (χ3n) is 7.73. The largest absolute Gasteiger partial charge is 0.378 e. The lowest BCUT2D eigenvalue weighted by molar-refractivity contribution is -0.0412. The van der Waals surface area contributed by atoms with E-state index in [1.807, 2.05) is 6.92 Å². The van der Waals surface area contributed by atoms with Crippen molar-refractivity contribution in [1.29, 1.82) is 0 Å². The van der Waals surface area contributed by atoms with Crippen molar-refractivity contribution in [2.24, 2.45) is 13.0 Å². The molecule has 1 unspecified atom stereocenters. The van der Waals surface area contributed by atoms with Gasteiger partial charge in [-0.05, 0) is 35.2 Å². The molecular weight excluding hydrogens is 560 g/mol. The van der Waals surface area contributed by atoms with Gasteiger partial charge >= 0.3 is 0 Å². The Bertz CT molecular complexity index is 1680. The molecule has 0 saturated carbocycles. The van der Waals surface area contributed by atoms with Crippen molar-refractivity contribution >= 4 is 32.5 Å². The minimum atomic E-state index is -3.40. The third-order valence-corrected chi connectivity index (χ3v) is 9.40. The molecule has 1 atom stereocenters. The van der Waals surface area contributed by atoms with Crippen LogP contribution in [0, 0.1) is 5.92 Å². The molecule has 5 rings (SSSR count). The second kappa shape index (κ2) is 10.1. The van der Waals surface area contributed by atoms with Crippen LogP contribution in [0.5, 0.6) is 0 Å². The Morgan fingerprint density at radius 3 is 2.33 bits per heavy atom. The van der Waals surface area contributed by atoms with Crippen LogP contribution >= 0.6 is 11.6 Å². The SMILES string of the molecule is CCc1nc2ccc(C(O)(c3cnnn3C)C3CN(S(C)(=O)=O)C3)cc2c(Cl)c1Cc1ccc(C(C)(F)F)cc1. The lowest BCUT2D eigenvalue weighted by Crippen LogP contribution is -2.58. The molecule has 0 amide bonds. The maximum atomic E-state index is 13.7. The van der Waals surface area contributed by atoms with Crippen molar-refractivity contribution in [3.63, 3.8) is 0 Å². The number of aliphatic hydroxyl groups is 1. The number of hydrogen-bond acceptors (Lipinski definition) is 6. The number of alkyl halides is 2. The number of sulfonamides is 1. The Morgan fingerprint density at radius 2 is 1.77 bits per heavy atom. The molecule has 2 aromatic carbocycles. The molecule has 1 aliphatic rings. The molecule has 212 valence electrons. The Morgan fingerprint density at radius 1 is 1.12 bits per heavy atom. The highest BCUT2D eigenvalue weighted by Crippen LogP contribution is 2.43. The third kappa shape index (κ3) is 5.00. The van der Waals surface area contributed by atoms with Crippen molar-refractivity contribution in [2.45, 2.75) is 38.2 Å². The average Bonchev–Trinajstić information content (AvgIpc) is 3.29. The second-order valence-corrected chi connectivity index (χ2v) is 12.8. The number of benzene rings is 2. The average molecular weight is 590 g/mol. The van der Waals surface area contributed by atoms with Gasteiger partial charge in [-0.3, -0.25) is 4.98 Å². The van der Waals surface area contributed by atoms with Gasteiger partial charge in [0.1, 0.15) is 5.60 Å². The first-order valence-corrected chi connectivity index (χ1v) is 15.1. The van der Waals surface area contributed by atoms with Crippen LogP contribution in [0.4, 0.5) is 8.78 Å². The standard InChI is InChI=1S/C28H30ClF2N5O3S/c1-5-23-21(12-17-6-8-18(9-7-17)27(2,30)31)26(29)22-13-19(10-11-24(22)33-23)28(37,25-14-32-34-35(25)3)20-15-36(16-20)40(4,38)39/h6-11,13-14,20,37H,5,12,15-16H2,1-4H3. The van der Waals surface area contributed by atoms with E-state index in [-0.39, 0.29) is 18.7 Å². The van der Waals surface area contributed by atoms with Crippen molar-refractivity contribution in [3.8, 4) is 0 Å². The number of rotatable bonds is 8. The molecule has 1 N–H and O–H groups in total. The highest BCUT2D eigenvalue weighted by molar-refractivity contribution is 7.88. The van der Waals surface area contributed by atoms with Gasteiger partial charge in [0.05, 0.1) is 28.7 Å². The van der Waals surface area contributed by atoms with E-state index in [4.69, 9.17) is 16.6 Å². The summed E-state index contributed by atoms with van der Waals surface area (Å²) in [5.41, 5.74) is 2.31. The van der Waals surface area contributed by atoms with E-state index in [0.717, 1.165) is 30.0 Å². The normalized spacial score (nSPS) is 16.7. The van der Waals surface area contributed by atoms with E-state index in [2.05, 4.69) is 10.3 Å². The van der Waals surface area contributed by atoms with E-state index in [9.17, 15) is 22.3 Å². The van der Waals surface area contributed by atoms with Crippen molar-refractivity contribution < 1.29 is 22.3 Å². The summed E-state index contributed by atoms with van der Waals surface area (Å²) in [4.78, 5) is 4.83. The van der Waals surface area contributed by atoms with E-state index in [0.29, 0.717) is 40.0 Å². The van der Waals surface area contributed by atoms with Crippen LogP contribution in [0.1, 0.15) is 47.5 Å². The number of pyridine rings is 1. The lowest BCUT2D eigenvalue weighted by Gasteiger charge is -2.46. The van der Waals surface area contributed by atoms with E-state index in [1.54, 1.807) is 37.4 Å². The van der Waals surface area contributed by atoms with E-state index in [1.165, 1.54) is 27.3 Å². The maximum absolute atomic E-state index is 13.7. The van der Waals surface area contributed by atoms with Crippen LogP contribution in [0.15, 0.2) is 48.7 Å². The van der Waals surface area contributed by atoms with Gasteiger partial charge in [0.25, 0.3) is 5.92 Å². The minimum Gasteiger partial charge on any atom is -0.378 e. The van der Waals surface area contributed by atoms with Crippen LogP contribution in [0.2, 0.25) is 5.02 Å². The van der Waals surface area contributed by atoms with Crippen LogP contribution in [-0.4, -0.2) is 57.2 Å². The van der Waals surface area contributed by atoms with Crippen molar-refractivity contribution in [3.05, 3.63) is 87.3 Å². The summed E-state index contributed by atoms with van der Waals surface area (Å²) in [7, 11) is -1.74. The molecule has 40 heavy (non-hydrogen) atoms. The molecule has 4 aromatic rings. The molecule has 0 radical (unpaired) electrons. The number of hydrogen-bond donors (Lipinski definition) is 1. The molecule has 0 spiro atoms. The molecule has 2 aromatic heterocycles. The number of aromatic nitrogens is 4. The summed E-state index contributed by atoms with van der Waals surface area (Å²) in [6.07, 6.45) is 3.63. The Labute approximate surface area is 236 Å². The van der Waals surface area contributed by atoms with Gasteiger partial charge < -0.3 is 5.11 Å². The summed E-state index contributed by atoms with van der Waals surface area (Å²) in [5.74, 6) is -3.38. The molecule has 8 nitrogen and oxygen atoms in total. The zero-order valence-corrected chi connectivity index (χ0v) is 24.1. The van der Waals surface area contributed by atoms with Gasteiger partial charge in [-0.15, -0.1) is 5.10 Å². The van der Waals surface area contributed by atoms with Gasteiger partial charge in [-0.2, -0.15) is 0 Å². The number of fused-ring (bicyclic) bond motifs is 1. The Kier molecular flexibility index (Phi) is 7.23. The smallest absolute Gasteiger partial charge is 0.270 e. The molecular formula is C28H30ClF2N5O3S. The monoisotopic (exact) mass is 589 g/mol. The fraction of sp³-hybridized carbons (Fsp3) is 0.393. The second-order valence-electron chi connectivity index (χ2n) is 10.5. The van der Waals surface area contributed by atoms with E-state index >= 15 is 0 Å². The summed E-state index contributed by atoms with van der Waals surface area (Å²) in [6, 6.07) is 11.5. The number of halogens is 3. The predicted octanol–water partition coefficient (Wildman–Crippen LogP) is 4.41. The van der Waals surface area contributed by atoms with E-state index < -0.39 is 27.5 Å². The molecule has 12 heteroatoms. The highest BCUT2D eigenvalue weighted by atomic mass is 35.5. The van der Waals surface area contributed by atoms with Gasteiger partial charge in [-0.1, -0.05) is 54.1 Å². The van der Waals surface area contributed by atoms with Crippen LogP contribution in [-0.2, 0) is 41.4 Å². The molecule has 3 heterocycles. The first-order chi connectivity index (χ1) is 18.7. The number of aryl methyl sites for hydroxylation is 2. The summed E-state index contributed by atoms with van der Waals surface area (Å²) in [5, 5.41) is 21.2. The summed E-state index contributed by atoms with van der Waals surface area (Å²) in [6.45, 7) is 3.11. The first kappa shape index (κ1) is 28.5. The van der Waals surface area contributed by atoms with Crippen LogP contribution in [0.25, 0.3) is 10.9 Å². The lowest BCUT2D eigenvalue weighted by atomic mass is 9.75. The Balaban J connectivity index is 1.59. The fourth-order valence-corrected chi connectivity index (χ4v) is 6.57. The fourth-order valence-electron chi connectivity index (χ4n) is 5.34. The number of nitrogens with zero attached hydrogens (tertiary/aromatic N) is 5. The maximum Gasteiger partial charge on any atom is 0.270 e. The van der Waals surface area contributed by atoms with Gasteiger partial charge in [0.2, 0.25) is 10.0 Å². The quantitative estimate of drug-likeness (QED) is 0.327. The van der Waals surface area contributed by atoms with Crippen LogP contribution in [0.3, 0.4) is 0 Å². The summed E-state index contributed by atoms with van der Waals surface area (Å²) < 4.78 is 54.3. The molecule has 1 saturated heterocycles. The van der Waals surface area contributed by atoms with Gasteiger partial charge in [0, 0.05) is 56.0 Å². The molecule has 1 aliphatic heterocycles. The van der Waals surface area contributed by atoms with Gasteiger partial charge in [0.15, 0.2) is 0 Å². The van der Waals surface area contributed by atoms with Crippen molar-refractivity contribution in [2.75, 3.05) is 19.3 Å². The zero-order chi connectivity index (χ0) is 29.0. The van der Waals surface area contributed by atoms with Crippen molar-refractivity contribution in [1.82, 2.24) is 24.3 Å². The minimum absolute atomic E-state index is 0.0614. The first-order valence-electron chi connectivity index (χ1n) is 12.8. The highest BCUT2D eigenvalue weighted by Gasteiger charge is 2.50. The molecule has 0 aliphatic carbocycles. The van der Waals surface area contributed by atoms with Crippen LogP contribution < -0.4 is 0 Å². The Hall–Kier alpha value is -2.99. The topological polar surface area (TPSA) is 101 Å². The predicted molar refractivity (Wildman–Crippen MR) is 149 cm³/mol. The molecule has 0 bridgehead atoms. The van der Waals surface area contributed by atoms with Gasteiger partial charge in [-0.25, -0.2) is 26.2 Å². The zero-order valence-electron chi connectivity index (χ0n) is 22.6. The molecule has 1 fully saturated rings.